The molecule has 12 nitrogen and oxygen atoms in total. The molecule has 0 radical (unpaired) electrons. The molecule has 1 saturated heterocycles. The molecule has 2 aromatic rings. The number of benzene rings is 1. The summed E-state index contributed by atoms with van der Waals surface area (Å²) < 4.78 is 68.5. The van der Waals surface area contributed by atoms with Gasteiger partial charge in [0.2, 0.25) is 6.29 Å². The predicted octanol–water partition coefficient (Wildman–Crippen LogP) is 3.70. The molecule has 0 unspecified atom stereocenters. The molecule has 5 aliphatic rings. The van der Waals surface area contributed by atoms with Crippen LogP contribution in [0.1, 0.15) is 61.9 Å². The van der Waals surface area contributed by atoms with Crippen molar-refractivity contribution >= 4 is 25.1 Å². The van der Waals surface area contributed by atoms with Crippen LogP contribution in [0.3, 0.4) is 0 Å². The van der Waals surface area contributed by atoms with Gasteiger partial charge in [0.15, 0.2) is 28.6 Å². The van der Waals surface area contributed by atoms with Crippen molar-refractivity contribution in [3.63, 3.8) is 0 Å². The van der Waals surface area contributed by atoms with Gasteiger partial charge in [-0.2, -0.15) is 0 Å². The first-order chi connectivity index (χ1) is 23.0. The van der Waals surface area contributed by atoms with Gasteiger partial charge in [-0.1, -0.05) is 25.1 Å². The smallest absolute Gasteiger partial charge is 0.464 e. The van der Waals surface area contributed by atoms with Crippen LogP contribution in [0.2, 0.25) is 0 Å². The predicted molar refractivity (Wildman–Crippen MR) is 167 cm³/mol. The van der Waals surface area contributed by atoms with E-state index >= 15 is 8.78 Å². The van der Waals surface area contributed by atoms with Crippen molar-refractivity contribution in [3.05, 3.63) is 76.8 Å². The number of furan rings is 1. The third-order valence-corrected chi connectivity index (χ3v) is 12.3. The SMILES string of the molecule is C[C@]12C=CC(=O)C=C1[C@@H](F)C[C@H]1[C@@H]3C[C@H]4O[C@@H](c5cc(Cc6ccc(CO)c(N)c6)co5)O[C@@]4(C(=O)COP(=O)(O)O)[C@@]3(C)C[C@H](O)[C@@]12F. The van der Waals surface area contributed by atoms with Crippen LogP contribution in [0.15, 0.2) is 58.7 Å². The monoisotopic (exact) mass is 705 g/mol. The number of rotatable bonds is 8. The van der Waals surface area contributed by atoms with Crippen molar-refractivity contribution in [2.75, 3.05) is 12.3 Å². The average Bonchev–Trinajstić information content (AvgIpc) is 3.71. The Hall–Kier alpha value is -3.07. The number of phosphoric ester groups is 1. The summed E-state index contributed by atoms with van der Waals surface area (Å²) in [5.74, 6) is -3.13. The van der Waals surface area contributed by atoms with Crippen molar-refractivity contribution in [3.8, 4) is 0 Å². The molecule has 4 aliphatic carbocycles. The summed E-state index contributed by atoms with van der Waals surface area (Å²) in [5.41, 5.74) is 1.02. The van der Waals surface area contributed by atoms with Crippen molar-refractivity contribution in [2.24, 2.45) is 22.7 Å². The third kappa shape index (κ3) is 4.98. The van der Waals surface area contributed by atoms with Crippen molar-refractivity contribution < 1.29 is 61.3 Å². The molecule has 15 heteroatoms. The lowest BCUT2D eigenvalue weighted by molar-refractivity contribution is -0.236. The Kier molecular flexibility index (Phi) is 8.05. The summed E-state index contributed by atoms with van der Waals surface area (Å²) in [6.45, 7) is 1.81. The molecule has 1 aliphatic heterocycles. The van der Waals surface area contributed by atoms with Gasteiger partial charge < -0.3 is 39.6 Å². The number of hydrogen-bond acceptors (Lipinski definition) is 10. The van der Waals surface area contributed by atoms with Crippen LogP contribution in [0.25, 0.3) is 0 Å². The molecule has 1 aromatic heterocycles. The second kappa shape index (κ2) is 11.5. The quantitative estimate of drug-likeness (QED) is 0.197. The van der Waals surface area contributed by atoms with E-state index in [4.69, 9.17) is 19.6 Å². The van der Waals surface area contributed by atoms with E-state index in [-0.39, 0.29) is 37.2 Å². The standard InChI is InChI=1S/C34H38F2NO11P/c1-31-6-5-20(39)10-23(31)24(35)11-22-21-12-29-34(28(41)16-46-49(42,43)44,32(21,2)13-27(40)33(22,31)36)48-30(47-29)26-9-18(15-45-26)7-17-3-4-19(14-38)25(37)8-17/h3-6,8-10,15,21-22,24,27,29-30,38,40H,7,11-14,16,37H2,1-2H3,(H2,42,43,44)/t21-,22-,24-,27-,29+,30+,31-,32-,33-,34+/m0/s1. The lowest BCUT2D eigenvalue weighted by Crippen LogP contribution is -2.70. The zero-order chi connectivity index (χ0) is 35.3. The first-order valence-electron chi connectivity index (χ1n) is 16.0. The van der Waals surface area contributed by atoms with Crippen LogP contribution in [0.5, 0.6) is 0 Å². The van der Waals surface area contributed by atoms with Gasteiger partial charge in [-0.25, -0.2) is 13.3 Å². The van der Waals surface area contributed by atoms with Gasteiger partial charge >= 0.3 is 7.82 Å². The summed E-state index contributed by atoms with van der Waals surface area (Å²) in [6, 6.07) is 6.91. The minimum absolute atomic E-state index is 0.00769. The summed E-state index contributed by atoms with van der Waals surface area (Å²) in [6.07, 6.45) is -1.15. The number of alkyl halides is 2. The molecule has 1 aromatic carbocycles. The number of anilines is 1. The van der Waals surface area contributed by atoms with E-state index in [1.807, 2.05) is 6.07 Å². The molecule has 3 saturated carbocycles. The molecule has 0 amide bonds. The number of fused-ring (bicyclic) bond motifs is 7. The Morgan fingerprint density at radius 3 is 2.61 bits per heavy atom. The summed E-state index contributed by atoms with van der Waals surface area (Å²) in [4.78, 5) is 45.2. The maximum absolute atomic E-state index is 17.7. The Labute approximate surface area is 280 Å². The van der Waals surface area contributed by atoms with Crippen LogP contribution < -0.4 is 5.73 Å². The third-order valence-electron chi connectivity index (χ3n) is 11.8. The number of ether oxygens (including phenoxy) is 2. The zero-order valence-electron chi connectivity index (χ0n) is 26.8. The Bertz CT molecular complexity index is 1820. The van der Waals surface area contributed by atoms with E-state index in [1.165, 1.54) is 25.3 Å². The minimum atomic E-state index is -5.11. The number of hydrogen-bond donors (Lipinski definition) is 5. The van der Waals surface area contributed by atoms with Crippen LogP contribution in [-0.2, 0) is 41.2 Å². The fraction of sp³-hybridized carbons (Fsp3) is 0.529. The zero-order valence-corrected chi connectivity index (χ0v) is 27.6. The molecule has 2 heterocycles. The molecule has 0 spiro atoms. The average molecular weight is 706 g/mol. The number of carbonyl (C=O) groups is 2. The number of nitrogen functional groups attached to an aromatic ring is 1. The molecule has 49 heavy (non-hydrogen) atoms. The van der Waals surface area contributed by atoms with Crippen LogP contribution in [-0.4, -0.2) is 67.8 Å². The normalized spacial score (nSPS) is 39.6. The van der Waals surface area contributed by atoms with Crippen LogP contribution >= 0.6 is 7.82 Å². The highest BCUT2D eigenvalue weighted by molar-refractivity contribution is 7.46. The fourth-order valence-electron chi connectivity index (χ4n) is 9.57. The lowest BCUT2D eigenvalue weighted by atomic mass is 9.44. The van der Waals surface area contributed by atoms with E-state index in [2.05, 4.69) is 4.52 Å². The van der Waals surface area contributed by atoms with Gasteiger partial charge in [-0.05, 0) is 73.1 Å². The van der Waals surface area contributed by atoms with E-state index in [0.29, 0.717) is 23.2 Å². The van der Waals surface area contributed by atoms with Gasteiger partial charge in [-0.3, -0.25) is 14.1 Å². The summed E-state index contributed by atoms with van der Waals surface area (Å²) in [5, 5.41) is 21.2. The van der Waals surface area contributed by atoms with Gasteiger partial charge in [-0.15, -0.1) is 0 Å². The Morgan fingerprint density at radius 1 is 1.16 bits per heavy atom. The Morgan fingerprint density at radius 2 is 1.92 bits per heavy atom. The maximum atomic E-state index is 17.7. The molecule has 4 fully saturated rings. The molecular weight excluding hydrogens is 667 g/mol. The van der Waals surface area contributed by atoms with Gasteiger partial charge in [0, 0.05) is 34.4 Å². The van der Waals surface area contributed by atoms with Crippen LogP contribution in [0.4, 0.5) is 14.5 Å². The lowest BCUT2D eigenvalue weighted by Gasteiger charge is -2.63. The molecule has 6 N–H and O–H groups in total. The van der Waals surface area contributed by atoms with Crippen molar-refractivity contribution in [1.29, 1.82) is 0 Å². The Balaban J connectivity index is 1.23. The van der Waals surface area contributed by atoms with Crippen molar-refractivity contribution in [2.45, 2.75) is 82.1 Å². The molecular formula is C34H38F2NO11P. The van der Waals surface area contributed by atoms with Crippen LogP contribution in [0, 0.1) is 22.7 Å². The number of nitrogens with two attached hydrogens (primary N) is 1. The summed E-state index contributed by atoms with van der Waals surface area (Å²) in [7, 11) is -5.11. The first-order valence-corrected chi connectivity index (χ1v) is 17.6. The fourth-order valence-corrected chi connectivity index (χ4v) is 9.86. The first kappa shape index (κ1) is 34.4. The van der Waals surface area contributed by atoms with E-state index in [9.17, 15) is 34.2 Å². The molecule has 7 rings (SSSR count). The highest BCUT2D eigenvalue weighted by Gasteiger charge is 2.80. The number of aliphatic hydroxyl groups is 2. The maximum Gasteiger partial charge on any atom is 0.470 e. The second-order valence-corrected chi connectivity index (χ2v) is 15.6. The number of aliphatic hydroxyl groups excluding tert-OH is 2. The van der Waals surface area contributed by atoms with E-state index in [1.54, 1.807) is 25.1 Å². The van der Waals surface area contributed by atoms with Gasteiger partial charge in [0.1, 0.15) is 12.8 Å². The number of allylic oxidation sites excluding steroid dienone is 4. The van der Waals surface area contributed by atoms with E-state index < -0.39 is 84.6 Å². The topological polar surface area (TPSA) is 199 Å². The largest absolute Gasteiger partial charge is 0.470 e. The highest BCUT2D eigenvalue weighted by Crippen LogP contribution is 2.72. The number of carbonyl (C=O) groups excluding carboxylic acids is 2. The molecule has 264 valence electrons. The van der Waals surface area contributed by atoms with Gasteiger partial charge in [0.05, 0.1) is 25.1 Å². The molecule has 10 atom stereocenters. The van der Waals surface area contributed by atoms with Gasteiger partial charge in [0.25, 0.3) is 0 Å². The number of ketones is 2. The molecule has 0 bridgehead atoms. The number of halogens is 2. The van der Waals surface area contributed by atoms with E-state index in [0.717, 1.165) is 11.6 Å². The minimum Gasteiger partial charge on any atom is -0.464 e. The second-order valence-electron chi connectivity index (χ2n) is 14.3. The number of phosphoric acid groups is 1. The summed E-state index contributed by atoms with van der Waals surface area (Å²) >= 11 is 0. The van der Waals surface area contributed by atoms with Crippen molar-refractivity contribution in [1.82, 2.24) is 0 Å². The number of Topliss-reactive ketones (excluding diaryl/α,β-unsaturated/α-hetero) is 1. The highest BCUT2D eigenvalue weighted by atomic mass is 31.2.